The fourth-order valence-electron chi connectivity index (χ4n) is 4.23. The standard InChI is InChI=1S/C26H29N3O8S/c1-14(30)13-37-18(16-8-6-7-9-17(16)35-5)12-28-23-19(15(2)20(38-23)21-27-10-11-36-21)22(31)29(25(28)34)26(3,4)24(32)33/h6-11,14,18,30H,12-13H2,1-5H3,(H,32,33)/t14-,18+/m1/s1. The number of aliphatic carboxylic acids is 1. The fraction of sp³-hybridized carbons (Fsp3) is 0.385. The lowest BCUT2D eigenvalue weighted by Gasteiger charge is -2.26. The number of hydrogen-bond acceptors (Lipinski definition) is 9. The van der Waals surface area contributed by atoms with Crippen molar-refractivity contribution < 1.29 is 28.9 Å². The van der Waals surface area contributed by atoms with Gasteiger partial charge in [-0.2, -0.15) is 0 Å². The lowest BCUT2D eigenvalue weighted by atomic mass is 10.1. The Labute approximate surface area is 221 Å². The molecule has 1 aromatic carbocycles. The van der Waals surface area contributed by atoms with Crippen LogP contribution in [0.25, 0.3) is 21.0 Å². The molecule has 0 radical (unpaired) electrons. The van der Waals surface area contributed by atoms with Crippen LogP contribution in [0.1, 0.15) is 38.0 Å². The molecule has 0 amide bonds. The minimum Gasteiger partial charge on any atom is -0.496 e. The molecule has 0 aliphatic rings. The molecule has 2 atom stereocenters. The number of para-hydroxylation sites is 1. The molecule has 2 N–H and O–H groups in total. The number of carboxylic acids is 1. The highest BCUT2D eigenvalue weighted by molar-refractivity contribution is 7.22. The number of ether oxygens (including phenoxy) is 2. The van der Waals surface area contributed by atoms with E-state index in [1.807, 2.05) is 0 Å². The van der Waals surface area contributed by atoms with Crippen LogP contribution in [0.3, 0.4) is 0 Å². The summed E-state index contributed by atoms with van der Waals surface area (Å²) in [6.45, 7) is 5.74. The number of methoxy groups -OCH3 is 1. The van der Waals surface area contributed by atoms with Crippen LogP contribution in [0.15, 0.2) is 50.7 Å². The molecule has 3 aromatic heterocycles. The van der Waals surface area contributed by atoms with Gasteiger partial charge in [0.05, 0.1) is 42.8 Å². The molecule has 0 bridgehead atoms. The van der Waals surface area contributed by atoms with Crippen molar-refractivity contribution in [3.8, 4) is 16.5 Å². The van der Waals surface area contributed by atoms with Gasteiger partial charge in [-0.15, -0.1) is 11.3 Å². The molecule has 0 saturated carbocycles. The molecule has 0 aliphatic carbocycles. The second-order valence-electron chi connectivity index (χ2n) is 9.38. The van der Waals surface area contributed by atoms with Gasteiger partial charge in [-0.3, -0.25) is 9.36 Å². The SMILES string of the molecule is COc1ccccc1[C@H](Cn1c(=O)n(C(C)(C)C(=O)O)c(=O)c2c(C)c(-c3ncco3)sc21)OC[C@@H](C)O. The number of carbonyl (C=O) groups is 1. The van der Waals surface area contributed by atoms with E-state index >= 15 is 0 Å². The van der Waals surface area contributed by atoms with Gasteiger partial charge in [0.25, 0.3) is 5.56 Å². The normalized spacial score (nSPS) is 13.5. The Morgan fingerprint density at radius 1 is 1.26 bits per heavy atom. The first kappa shape index (κ1) is 27.3. The van der Waals surface area contributed by atoms with Crippen LogP contribution in [0.5, 0.6) is 5.75 Å². The predicted molar refractivity (Wildman–Crippen MR) is 141 cm³/mol. The largest absolute Gasteiger partial charge is 0.496 e. The van der Waals surface area contributed by atoms with Crippen LogP contribution in [0, 0.1) is 6.92 Å². The highest BCUT2D eigenvalue weighted by atomic mass is 32.1. The molecule has 4 aromatic rings. The molecule has 0 saturated heterocycles. The topological polar surface area (TPSA) is 146 Å². The van der Waals surface area contributed by atoms with Crippen LogP contribution in [-0.2, 0) is 21.6 Å². The van der Waals surface area contributed by atoms with Crippen molar-refractivity contribution >= 4 is 27.5 Å². The summed E-state index contributed by atoms with van der Waals surface area (Å²) >= 11 is 1.15. The molecular formula is C26H29N3O8S. The van der Waals surface area contributed by atoms with Gasteiger partial charge < -0.3 is 24.1 Å². The molecule has 4 rings (SSSR count). The Morgan fingerprint density at radius 3 is 2.58 bits per heavy atom. The summed E-state index contributed by atoms with van der Waals surface area (Å²) in [5.74, 6) is -0.553. The van der Waals surface area contributed by atoms with E-state index in [0.717, 1.165) is 15.9 Å². The Morgan fingerprint density at radius 2 is 1.97 bits per heavy atom. The fourth-order valence-corrected chi connectivity index (χ4v) is 5.47. The summed E-state index contributed by atoms with van der Waals surface area (Å²) in [5.41, 5.74) is -2.25. The maximum absolute atomic E-state index is 13.9. The van der Waals surface area contributed by atoms with Gasteiger partial charge in [0.15, 0.2) is 0 Å². The summed E-state index contributed by atoms with van der Waals surface area (Å²) in [6.07, 6.45) is 1.30. The molecule has 11 nitrogen and oxygen atoms in total. The average Bonchev–Trinajstić information content (AvgIpc) is 3.51. The van der Waals surface area contributed by atoms with E-state index in [1.165, 1.54) is 38.0 Å². The van der Waals surface area contributed by atoms with Gasteiger partial charge in [-0.25, -0.2) is 19.1 Å². The van der Waals surface area contributed by atoms with Crippen molar-refractivity contribution in [2.75, 3.05) is 13.7 Å². The predicted octanol–water partition coefficient (Wildman–Crippen LogP) is 3.16. The summed E-state index contributed by atoms with van der Waals surface area (Å²) in [5, 5.41) is 20.0. The number of thiophene rings is 1. The van der Waals surface area contributed by atoms with Crippen LogP contribution in [0.2, 0.25) is 0 Å². The van der Waals surface area contributed by atoms with Crippen molar-refractivity contribution in [1.82, 2.24) is 14.1 Å². The zero-order valence-electron chi connectivity index (χ0n) is 21.6. The van der Waals surface area contributed by atoms with Crippen molar-refractivity contribution in [2.45, 2.75) is 52.0 Å². The van der Waals surface area contributed by atoms with Crippen LogP contribution in [0.4, 0.5) is 0 Å². The first-order valence-corrected chi connectivity index (χ1v) is 12.7. The Kier molecular flexibility index (Phi) is 7.58. The Balaban J connectivity index is 2.03. The number of hydrogen-bond donors (Lipinski definition) is 2. The lowest BCUT2D eigenvalue weighted by Crippen LogP contribution is -2.52. The maximum Gasteiger partial charge on any atom is 0.333 e. The summed E-state index contributed by atoms with van der Waals surface area (Å²) in [6, 6.07) is 7.11. The molecule has 3 heterocycles. The molecule has 38 heavy (non-hydrogen) atoms. The van der Waals surface area contributed by atoms with Crippen molar-refractivity contribution in [3.05, 3.63) is 68.7 Å². The molecule has 0 aliphatic heterocycles. The average molecular weight is 544 g/mol. The van der Waals surface area contributed by atoms with Gasteiger partial charge in [0.2, 0.25) is 5.89 Å². The van der Waals surface area contributed by atoms with E-state index in [-0.39, 0.29) is 24.4 Å². The molecule has 202 valence electrons. The molecule has 0 unspecified atom stereocenters. The molecular weight excluding hydrogens is 514 g/mol. The first-order valence-electron chi connectivity index (χ1n) is 11.8. The Bertz CT molecular complexity index is 1580. The molecule has 0 fully saturated rings. The smallest absolute Gasteiger partial charge is 0.333 e. The number of nitrogens with zero attached hydrogens (tertiary/aromatic N) is 3. The summed E-state index contributed by atoms with van der Waals surface area (Å²) in [7, 11) is 1.51. The monoisotopic (exact) mass is 543 g/mol. The van der Waals surface area contributed by atoms with E-state index < -0.39 is 35.0 Å². The zero-order valence-corrected chi connectivity index (χ0v) is 22.4. The Hall–Kier alpha value is -3.74. The number of aryl methyl sites for hydroxylation is 1. The van der Waals surface area contributed by atoms with Crippen LogP contribution in [-0.4, -0.2) is 50.1 Å². The van der Waals surface area contributed by atoms with Gasteiger partial charge in [-0.05, 0) is 39.3 Å². The number of benzene rings is 1. The minimum absolute atomic E-state index is 0.0358. The second kappa shape index (κ2) is 10.6. The van der Waals surface area contributed by atoms with E-state index in [2.05, 4.69) is 4.98 Å². The summed E-state index contributed by atoms with van der Waals surface area (Å²) in [4.78, 5) is 44.8. The van der Waals surface area contributed by atoms with Crippen molar-refractivity contribution in [3.63, 3.8) is 0 Å². The molecule has 0 spiro atoms. The third-order valence-electron chi connectivity index (χ3n) is 6.29. The maximum atomic E-state index is 13.9. The van der Waals surface area contributed by atoms with E-state index in [4.69, 9.17) is 13.9 Å². The van der Waals surface area contributed by atoms with Gasteiger partial charge >= 0.3 is 11.7 Å². The van der Waals surface area contributed by atoms with Crippen LogP contribution < -0.4 is 16.0 Å². The number of aliphatic hydroxyl groups is 1. The third-order valence-corrected chi connectivity index (χ3v) is 7.60. The third kappa shape index (κ3) is 4.77. The minimum atomic E-state index is -1.85. The number of oxazole rings is 1. The lowest BCUT2D eigenvalue weighted by molar-refractivity contribution is -0.146. The van der Waals surface area contributed by atoms with E-state index in [1.54, 1.807) is 38.1 Å². The number of aromatic nitrogens is 3. The number of carboxylic acid groups (broad SMARTS) is 1. The first-order chi connectivity index (χ1) is 18.0. The van der Waals surface area contributed by atoms with Crippen molar-refractivity contribution in [2.24, 2.45) is 0 Å². The molecule has 12 heteroatoms. The number of rotatable bonds is 10. The van der Waals surface area contributed by atoms with Gasteiger partial charge in [0.1, 0.15) is 28.5 Å². The van der Waals surface area contributed by atoms with Crippen LogP contribution >= 0.6 is 11.3 Å². The van der Waals surface area contributed by atoms with Crippen molar-refractivity contribution in [1.29, 1.82) is 0 Å². The van der Waals surface area contributed by atoms with E-state index in [0.29, 0.717) is 26.6 Å². The highest BCUT2D eigenvalue weighted by Crippen LogP contribution is 2.37. The quantitative estimate of drug-likeness (QED) is 0.308. The second-order valence-corrected chi connectivity index (χ2v) is 10.4. The highest BCUT2D eigenvalue weighted by Gasteiger charge is 2.36. The number of fused-ring (bicyclic) bond motifs is 1. The van der Waals surface area contributed by atoms with Gasteiger partial charge in [0, 0.05) is 5.56 Å². The van der Waals surface area contributed by atoms with Gasteiger partial charge in [-0.1, -0.05) is 18.2 Å². The zero-order chi connectivity index (χ0) is 27.8. The number of aliphatic hydroxyl groups excluding tert-OH is 1. The van der Waals surface area contributed by atoms with E-state index in [9.17, 15) is 24.6 Å². The summed E-state index contributed by atoms with van der Waals surface area (Å²) < 4.78 is 19.1.